The van der Waals surface area contributed by atoms with Gasteiger partial charge in [0.2, 0.25) is 0 Å². The Labute approximate surface area is 121 Å². The maximum Gasteiger partial charge on any atom is 0.129 e. The second kappa shape index (κ2) is 6.06. The molecular weight excluding hydrogens is 286 g/mol. The van der Waals surface area contributed by atoms with Gasteiger partial charge in [-0.25, -0.2) is 0 Å². The van der Waals surface area contributed by atoms with E-state index < -0.39 is 0 Å². The fraction of sp³-hybridized carbons (Fsp3) is 0.385. The van der Waals surface area contributed by atoms with E-state index in [9.17, 15) is 0 Å². The van der Waals surface area contributed by atoms with Crippen LogP contribution in [-0.4, -0.2) is 13.7 Å². The highest BCUT2D eigenvalue weighted by Crippen LogP contribution is 2.37. The van der Waals surface area contributed by atoms with Gasteiger partial charge in [0.05, 0.1) is 17.5 Å². The third-order valence-corrected chi connectivity index (χ3v) is 5.28. The molecule has 0 amide bonds. The molecule has 2 heterocycles. The van der Waals surface area contributed by atoms with E-state index in [1.54, 1.807) is 29.8 Å². The number of nitrogens with one attached hydrogen (secondary N) is 1. The van der Waals surface area contributed by atoms with Gasteiger partial charge in [0, 0.05) is 15.1 Å². The summed E-state index contributed by atoms with van der Waals surface area (Å²) < 4.78 is 6.12. The minimum atomic E-state index is 0.208. The van der Waals surface area contributed by atoms with Crippen LogP contribution in [0.2, 0.25) is 4.34 Å². The van der Waals surface area contributed by atoms with E-state index in [-0.39, 0.29) is 6.04 Å². The van der Waals surface area contributed by atoms with Gasteiger partial charge in [-0.15, -0.1) is 22.7 Å². The van der Waals surface area contributed by atoms with Gasteiger partial charge in [0.1, 0.15) is 5.75 Å². The molecule has 0 aliphatic carbocycles. The Balaban J connectivity index is 2.32. The second-order valence-electron chi connectivity index (χ2n) is 3.99. The number of thiophene rings is 2. The lowest BCUT2D eigenvalue weighted by Gasteiger charge is -2.14. The molecule has 1 unspecified atom stereocenters. The van der Waals surface area contributed by atoms with Crippen molar-refractivity contribution < 1.29 is 4.74 Å². The van der Waals surface area contributed by atoms with Crippen LogP contribution in [0.15, 0.2) is 17.5 Å². The molecule has 2 aromatic heterocycles. The summed E-state index contributed by atoms with van der Waals surface area (Å²) in [6.07, 6.45) is 0. The molecule has 0 spiro atoms. The van der Waals surface area contributed by atoms with Crippen LogP contribution in [0.5, 0.6) is 5.75 Å². The first-order valence-electron chi connectivity index (χ1n) is 5.77. The molecule has 0 fully saturated rings. The van der Waals surface area contributed by atoms with Crippen LogP contribution in [0.1, 0.15) is 28.3 Å². The van der Waals surface area contributed by atoms with Crippen molar-refractivity contribution in [2.24, 2.45) is 0 Å². The molecule has 0 aliphatic heterocycles. The molecule has 1 N–H and O–H groups in total. The van der Waals surface area contributed by atoms with Gasteiger partial charge in [0.15, 0.2) is 0 Å². The maximum absolute atomic E-state index is 6.16. The molecule has 5 heteroatoms. The summed E-state index contributed by atoms with van der Waals surface area (Å²) in [5, 5.41) is 5.53. The highest BCUT2D eigenvalue weighted by atomic mass is 35.5. The first-order chi connectivity index (χ1) is 8.65. The fourth-order valence-corrected chi connectivity index (χ4v) is 4.10. The van der Waals surface area contributed by atoms with Crippen LogP contribution in [-0.2, 0) is 0 Å². The average Bonchev–Trinajstić information content (AvgIpc) is 2.94. The Morgan fingerprint density at radius 1 is 1.39 bits per heavy atom. The van der Waals surface area contributed by atoms with Crippen LogP contribution < -0.4 is 10.1 Å². The van der Waals surface area contributed by atoms with Crippen molar-refractivity contribution in [3.63, 3.8) is 0 Å². The first-order valence-corrected chi connectivity index (χ1v) is 7.84. The lowest BCUT2D eigenvalue weighted by atomic mass is 10.2. The van der Waals surface area contributed by atoms with Crippen molar-refractivity contribution >= 4 is 34.3 Å². The Morgan fingerprint density at radius 3 is 2.67 bits per heavy atom. The molecule has 1 atom stereocenters. The third-order valence-electron chi connectivity index (χ3n) is 2.68. The number of hydrogen-bond donors (Lipinski definition) is 1. The lowest BCUT2D eigenvalue weighted by Crippen LogP contribution is -2.20. The molecule has 18 heavy (non-hydrogen) atoms. The standard InChI is InChI=1S/C13H16ClNOS2/c1-4-15-12(10-6-9(16-3)7-17-10)11-5-8(2)13(14)18-11/h5-7,12,15H,4H2,1-3H3. The first kappa shape index (κ1) is 13.9. The van der Waals surface area contributed by atoms with E-state index in [4.69, 9.17) is 16.3 Å². The van der Waals surface area contributed by atoms with Crippen LogP contribution in [0, 0.1) is 6.92 Å². The zero-order chi connectivity index (χ0) is 13.1. The second-order valence-corrected chi connectivity index (χ2v) is 6.61. The summed E-state index contributed by atoms with van der Waals surface area (Å²) in [7, 11) is 1.69. The maximum atomic E-state index is 6.16. The molecule has 0 radical (unpaired) electrons. The van der Waals surface area contributed by atoms with Crippen LogP contribution in [0.25, 0.3) is 0 Å². The molecule has 0 saturated carbocycles. The van der Waals surface area contributed by atoms with E-state index in [0.29, 0.717) is 0 Å². The highest BCUT2D eigenvalue weighted by Gasteiger charge is 2.18. The molecule has 98 valence electrons. The van der Waals surface area contributed by atoms with Gasteiger partial charge in [-0.2, -0.15) is 0 Å². The number of hydrogen-bond acceptors (Lipinski definition) is 4. The van der Waals surface area contributed by atoms with Gasteiger partial charge in [-0.1, -0.05) is 18.5 Å². The van der Waals surface area contributed by atoms with Gasteiger partial charge in [-0.3, -0.25) is 0 Å². The molecule has 0 bridgehead atoms. The zero-order valence-corrected chi connectivity index (χ0v) is 13.0. The summed E-state index contributed by atoms with van der Waals surface area (Å²) in [5.74, 6) is 0.914. The quantitative estimate of drug-likeness (QED) is 0.879. The van der Waals surface area contributed by atoms with Crippen LogP contribution >= 0.6 is 34.3 Å². The normalized spacial score (nSPS) is 12.7. The van der Waals surface area contributed by atoms with Gasteiger partial charge in [-0.05, 0) is 31.2 Å². The predicted molar refractivity (Wildman–Crippen MR) is 80.5 cm³/mol. The van der Waals surface area contributed by atoms with Crippen LogP contribution in [0.4, 0.5) is 0 Å². The Kier molecular flexibility index (Phi) is 4.67. The minimum absolute atomic E-state index is 0.208. The fourth-order valence-electron chi connectivity index (χ4n) is 1.76. The Bertz CT molecular complexity index is 501. The molecule has 2 rings (SSSR count). The summed E-state index contributed by atoms with van der Waals surface area (Å²) in [4.78, 5) is 2.51. The summed E-state index contributed by atoms with van der Waals surface area (Å²) in [6, 6.07) is 4.45. The third kappa shape index (κ3) is 2.88. The molecular formula is C13H16ClNOS2. The van der Waals surface area contributed by atoms with Gasteiger partial charge >= 0.3 is 0 Å². The summed E-state index contributed by atoms with van der Waals surface area (Å²) in [5.41, 5.74) is 1.14. The minimum Gasteiger partial charge on any atom is -0.496 e. The number of halogens is 1. The topological polar surface area (TPSA) is 21.3 Å². The molecule has 2 aromatic rings. The SMILES string of the molecule is CCNC(c1cc(OC)cs1)c1cc(C)c(Cl)s1. The highest BCUT2D eigenvalue weighted by molar-refractivity contribution is 7.16. The molecule has 2 nitrogen and oxygen atoms in total. The van der Waals surface area contributed by atoms with E-state index in [2.05, 4.69) is 24.4 Å². The predicted octanol–water partition coefficient (Wildman–Crippen LogP) is 4.48. The van der Waals surface area contributed by atoms with Crippen molar-refractivity contribution in [2.45, 2.75) is 19.9 Å². The Morgan fingerprint density at radius 2 is 2.17 bits per heavy atom. The monoisotopic (exact) mass is 301 g/mol. The molecule has 0 saturated heterocycles. The average molecular weight is 302 g/mol. The van der Waals surface area contributed by atoms with E-state index in [1.807, 2.05) is 12.3 Å². The Hall–Kier alpha value is -0.550. The summed E-state index contributed by atoms with van der Waals surface area (Å²) in [6.45, 7) is 5.07. The summed E-state index contributed by atoms with van der Waals surface area (Å²) >= 11 is 9.51. The van der Waals surface area contributed by atoms with E-state index >= 15 is 0 Å². The number of ether oxygens (including phenoxy) is 1. The van der Waals surface area contributed by atoms with E-state index in [0.717, 1.165) is 22.2 Å². The largest absolute Gasteiger partial charge is 0.496 e. The number of aryl methyl sites for hydroxylation is 1. The van der Waals surface area contributed by atoms with Crippen molar-refractivity contribution in [3.8, 4) is 5.75 Å². The van der Waals surface area contributed by atoms with Crippen molar-refractivity contribution in [2.75, 3.05) is 13.7 Å². The number of methoxy groups -OCH3 is 1. The lowest BCUT2D eigenvalue weighted by molar-refractivity contribution is 0.416. The van der Waals surface area contributed by atoms with Crippen molar-refractivity contribution in [1.82, 2.24) is 5.32 Å². The van der Waals surface area contributed by atoms with Crippen molar-refractivity contribution in [3.05, 3.63) is 37.2 Å². The van der Waals surface area contributed by atoms with Gasteiger partial charge in [0.25, 0.3) is 0 Å². The number of rotatable bonds is 5. The molecule has 0 aliphatic rings. The zero-order valence-electron chi connectivity index (χ0n) is 10.6. The van der Waals surface area contributed by atoms with Crippen molar-refractivity contribution in [1.29, 1.82) is 0 Å². The molecule has 0 aromatic carbocycles. The van der Waals surface area contributed by atoms with E-state index in [1.165, 1.54) is 9.75 Å². The van der Waals surface area contributed by atoms with Gasteiger partial charge < -0.3 is 10.1 Å². The van der Waals surface area contributed by atoms with Crippen LogP contribution in [0.3, 0.4) is 0 Å². The smallest absolute Gasteiger partial charge is 0.129 e.